The molecule has 0 aromatic heterocycles. The van der Waals surface area contributed by atoms with Crippen LogP contribution >= 0.6 is 0 Å². The number of hydrogen-bond acceptors (Lipinski definition) is 3. The zero-order valence-electron chi connectivity index (χ0n) is 15.9. The molecule has 3 heteroatoms. The topological polar surface area (TPSA) is 44.1 Å². The van der Waals surface area contributed by atoms with Crippen LogP contribution in [0.15, 0.2) is 91.0 Å². The Morgan fingerprint density at radius 3 is 1.71 bits per heavy atom. The van der Waals surface area contributed by atoms with Crippen LogP contribution in [0.1, 0.15) is 35.6 Å². The molecule has 140 valence electrons. The predicted molar refractivity (Wildman–Crippen MR) is 111 cm³/mol. The zero-order valence-corrected chi connectivity index (χ0v) is 15.9. The molecule has 1 atom stereocenters. The summed E-state index contributed by atoms with van der Waals surface area (Å²) in [6, 6.07) is 32.6. The van der Waals surface area contributed by atoms with Gasteiger partial charge in [0.1, 0.15) is 5.78 Å². The Bertz CT molecular complexity index is 860. The van der Waals surface area contributed by atoms with Crippen molar-refractivity contribution in [3.8, 4) is 6.07 Å². The Balaban J connectivity index is 1.94. The highest BCUT2D eigenvalue weighted by Crippen LogP contribution is 2.29. The number of rotatable bonds is 9. The average molecular weight is 368 g/mol. The molecule has 0 heterocycles. The van der Waals surface area contributed by atoms with Gasteiger partial charge in [-0.25, -0.2) is 0 Å². The van der Waals surface area contributed by atoms with Crippen molar-refractivity contribution in [2.45, 2.75) is 32.0 Å². The van der Waals surface area contributed by atoms with E-state index in [1.54, 1.807) is 0 Å². The summed E-state index contributed by atoms with van der Waals surface area (Å²) in [5.41, 5.74) is 3.50. The summed E-state index contributed by atoms with van der Waals surface area (Å²) in [4.78, 5) is 14.7. The normalized spacial score (nSPS) is 11.7. The van der Waals surface area contributed by atoms with E-state index in [0.717, 1.165) is 18.7 Å². The molecule has 3 rings (SSSR count). The van der Waals surface area contributed by atoms with E-state index in [2.05, 4.69) is 41.3 Å². The monoisotopic (exact) mass is 368 g/mol. The lowest BCUT2D eigenvalue weighted by molar-refractivity contribution is -0.119. The van der Waals surface area contributed by atoms with Crippen LogP contribution in [-0.4, -0.2) is 10.7 Å². The summed E-state index contributed by atoms with van der Waals surface area (Å²) in [7, 11) is 0. The Morgan fingerprint density at radius 2 is 1.25 bits per heavy atom. The Labute approximate surface area is 166 Å². The molecule has 3 aromatic carbocycles. The Kier molecular flexibility index (Phi) is 7.12. The van der Waals surface area contributed by atoms with Crippen LogP contribution in [-0.2, 0) is 17.9 Å². The van der Waals surface area contributed by atoms with Crippen molar-refractivity contribution in [3.63, 3.8) is 0 Å². The Hall–Kier alpha value is -3.22. The molecule has 0 spiro atoms. The summed E-state index contributed by atoms with van der Waals surface area (Å²) in [5.74, 6) is -0.0255. The number of hydrogen-bond donors (Lipinski definition) is 0. The molecule has 0 saturated heterocycles. The largest absolute Gasteiger partial charge is 0.298 e. The molecule has 0 radical (unpaired) electrons. The Morgan fingerprint density at radius 1 is 0.786 bits per heavy atom. The van der Waals surface area contributed by atoms with Crippen LogP contribution in [0, 0.1) is 11.3 Å². The van der Waals surface area contributed by atoms with Crippen LogP contribution in [0.25, 0.3) is 0 Å². The van der Waals surface area contributed by atoms with Gasteiger partial charge >= 0.3 is 0 Å². The number of Topliss-reactive ketones (excluding diaryl/α,β-unsaturated/α-hetero) is 1. The maximum atomic E-state index is 12.4. The van der Waals surface area contributed by atoms with Crippen molar-refractivity contribution in [1.29, 1.82) is 5.26 Å². The highest BCUT2D eigenvalue weighted by Gasteiger charge is 2.23. The summed E-state index contributed by atoms with van der Waals surface area (Å²) >= 11 is 0. The first kappa shape index (κ1) is 19.5. The third kappa shape index (κ3) is 5.64. The van der Waals surface area contributed by atoms with Gasteiger partial charge in [-0.15, -0.1) is 0 Å². The van der Waals surface area contributed by atoms with E-state index in [4.69, 9.17) is 5.26 Å². The quantitative estimate of drug-likeness (QED) is 0.514. The van der Waals surface area contributed by atoms with E-state index in [9.17, 15) is 4.79 Å². The van der Waals surface area contributed by atoms with Gasteiger partial charge in [0.15, 0.2) is 0 Å². The second kappa shape index (κ2) is 10.2. The van der Waals surface area contributed by atoms with Gasteiger partial charge in [-0.3, -0.25) is 9.69 Å². The van der Waals surface area contributed by atoms with Crippen molar-refractivity contribution in [3.05, 3.63) is 108 Å². The van der Waals surface area contributed by atoms with Crippen LogP contribution in [0.5, 0.6) is 0 Å². The van der Waals surface area contributed by atoms with Crippen molar-refractivity contribution >= 4 is 5.78 Å². The standard InChI is InChI=1S/C25H24N2O/c26-17-16-24(28)18-25(23-14-8-3-9-15-23)27(19-21-10-4-1-5-11-21)20-22-12-6-2-7-13-22/h1-15,25H,16,18-20H2/t25-/m1/s1. The van der Waals surface area contributed by atoms with E-state index < -0.39 is 0 Å². The number of carbonyl (C=O) groups excluding carboxylic acids is 1. The zero-order chi connectivity index (χ0) is 19.6. The fourth-order valence-electron chi connectivity index (χ4n) is 3.42. The lowest BCUT2D eigenvalue weighted by Crippen LogP contribution is -2.30. The fraction of sp³-hybridized carbons (Fsp3) is 0.200. The predicted octanol–water partition coefficient (Wildman–Crippen LogP) is 5.30. The first-order valence-corrected chi connectivity index (χ1v) is 9.52. The van der Waals surface area contributed by atoms with Gasteiger partial charge in [-0.1, -0.05) is 91.0 Å². The number of ketones is 1. The second-order valence-electron chi connectivity index (χ2n) is 6.88. The molecule has 0 amide bonds. The molecule has 0 bridgehead atoms. The summed E-state index contributed by atoms with van der Waals surface area (Å²) < 4.78 is 0. The third-order valence-electron chi connectivity index (χ3n) is 4.78. The maximum Gasteiger partial charge on any atom is 0.148 e. The summed E-state index contributed by atoms with van der Waals surface area (Å²) in [5, 5.41) is 8.94. The molecule has 0 fully saturated rings. The minimum atomic E-state index is -0.0811. The van der Waals surface area contributed by atoms with Crippen LogP contribution in [0.3, 0.4) is 0 Å². The molecule has 0 aliphatic rings. The molecule has 0 N–H and O–H groups in total. The van der Waals surface area contributed by atoms with Crippen molar-refractivity contribution in [2.75, 3.05) is 0 Å². The van der Waals surface area contributed by atoms with Gasteiger partial charge in [0, 0.05) is 25.6 Å². The highest BCUT2D eigenvalue weighted by atomic mass is 16.1. The van der Waals surface area contributed by atoms with Crippen LogP contribution in [0.4, 0.5) is 0 Å². The molecule has 0 aliphatic heterocycles. The number of carbonyl (C=O) groups is 1. The molecule has 28 heavy (non-hydrogen) atoms. The van der Waals surface area contributed by atoms with Crippen molar-refractivity contribution in [1.82, 2.24) is 4.90 Å². The first-order chi connectivity index (χ1) is 13.8. The van der Waals surface area contributed by atoms with E-state index in [-0.39, 0.29) is 18.2 Å². The van der Waals surface area contributed by atoms with Gasteiger partial charge in [-0.05, 0) is 16.7 Å². The van der Waals surface area contributed by atoms with Gasteiger partial charge in [0.2, 0.25) is 0 Å². The first-order valence-electron chi connectivity index (χ1n) is 9.52. The minimum Gasteiger partial charge on any atom is -0.298 e. The van der Waals surface area contributed by atoms with Crippen LogP contribution < -0.4 is 0 Å². The highest BCUT2D eigenvalue weighted by molar-refractivity contribution is 5.81. The third-order valence-corrected chi connectivity index (χ3v) is 4.78. The summed E-state index contributed by atoms with van der Waals surface area (Å²) in [6.07, 6.45) is 0.283. The van der Waals surface area contributed by atoms with E-state index >= 15 is 0 Å². The van der Waals surface area contributed by atoms with Gasteiger partial charge in [0.25, 0.3) is 0 Å². The van der Waals surface area contributed by atoms with Gasteiger partial charge in [-0.2, -0.15) is 5.26 Å². The average Bonchev–Trinajstić information content (AvgIpc) is 2.74. The van der Waals surface area contributed by atoms with E-state index in [1.807, 2.05) is 60.7 Å². The lowest BCUT2D eigenvalue weighted by Gasteiger charge is -2.32. The summed E-state index contributed by atoms with van der Waals surface area (Å²) in [6.45, 7) is 1.46. The smallest absolute Gasteiger partial charge is 0.148 e. The van der Waals surface area contributed by atoms with Crippen LogP contribution in [0.2, 0.25) is 0 Å². The molecule has 3 aromatic rings. The fourth-order valence-corrected chi connectivity index (χ4v) is 3.42. The van der Waals surface area contributed by atoms with E-state index in [0.29, 0.717) is 6.42 Å². The van der Waals surface area contributed by atoms with Crippen molar-refractivity contribution < 1.29 is 4.79 Å². The molecule has 0 saturated carbocycles. The maximum absolute atomic E-state index is 12.4. The molecule has 0 aliphatic carbocycles. The van der Waals surface area contributed by atoms with E-state index in [1.165, 1.54) is 11.1 Å². The molecular weight excluding hydrogens is 344 g/mol. The second-order valence-corrected chi connectivity index (χ2v) is 6.88. The number of nitrogens with zero attached hydrogens (tertiary/aromatic N) is 2. The number of nitriles is 1. The van der Waals surface area contributed by atoms with Gasteiger partial charge in [0.05, 0.1) is 12.5 Å². The minimum absolute atomic E-state index is 0.0255. The van der Waals surface area contributed by atoms with Crippen molar-refractivity contribution in [2.24, 2.45) is 0 Å². The molecule has 0 unspecified atom stereocenters. The lowest BCUT2D eigenvalue weighted by atomic mass is 9.97. The molecule has 3 nitrogen and oxygen atoms in total. The molecular formula is C25H24N2O. The number of benzene rings is 3. The SMILES string of the molecule is N#CCC(=O)C[C@H](c1ccccc1)N(Cc1ccccc1)Cc1ccccc1. The van der Waals surface area contributed by atoms with Gasteiger partial charge < -0.3 is 0 Å².